The summed E-state index contributed by atoms with van der Waals surface area (Å²) in [4.78, 5) is 28.5. The van der Waals surface area contributed by atoms with E-state index in [4.69, 9.17) is 15.2 Å². The number of methoxy groups -OCH3 is 1. The monoisotopic (exact) mass is 608 g/mol. The predicted octanol–water partition coefficient (Wildman–Crippen LogP) is 3.99. The van der Waals surface area contributed by atoms with E-state index in [1.54, 1.807) is 26.8 Å². The summed E-state index contributed by atoms with van der Waals surface area (Å²) in [6, 6.07) is 16.2. The first kappa shape index (κ1) is 31.4. The number of nitrogens with one attached hydrogen (secondary N) is 2. The van der Waals surface area contributed by atoms with Gasteiger partial charge >= 0.3 is 12.1 Å². The van der Waals surface area contributed by atoms with Crippen LogP contribution in [0.5, 0.6) is 5.75 Å². The van der Waals surface area contributed by atoms with E-state index in [1.165, 1.54) is 7.11 Å². The Morgan fingerprint density at radius 3 is 2.21 bits per heavy atom. The van der Waals surface area contributed by atoms with Gasteiger partial charge in [0.05, 0.1) is 12.0 Å². The standard InChI is InChI=1S/C31H36N4O7S/c1-18-16-27(41-4)19(2)20(3)28(18)43(39,40)35-30(32)33-15-9-14-26(29(36)37)34-31(38)42-17-25-23-12-7-5-10-21(23)22-11-6-8-13-24(22)25/h5-8,10-13,16,25-26H,9,14-15,17H2,1-4H3,(H,34,38)(H,36,37)(H3,32,33,35). The molecule has 0 saturated heterocycles. The van der Waals surface area contributed by atoms with Gasteiger partial charge < -0.3 is 25.6 Å². The zero-order chi connectivity index (χ0) is 31.3. The fraction of sp³-hybridized carbons (Fsp3) is 0.323. The van der Waals surface area contributed by atoms with E-state index < -0.39 is 28.1 Å². The number of ether oxygens (including phenoxy) is 2. The molecule has 1 amide bonds. The number of aliphatic imine (C=N–C) groups is 1. The minimum absolute atomic E-state index is 0.0267. The van der Waals surface area contributed by atoms with Crippen molar-refractivity contribution < 1.29 is 32.6 Å². The number of guanidine groups is 1. The molecule has 3 aromatic carbocycles. The Bertz CT molecular complexity index is 1630. The second kappa shape index (κ2) is 13.2. The number of carbonyl (C=O) groups excluding carboxylic acids is 1. The van der Waals surface area contributed by atoms with E-state index in [0.717, 1.165) is 22.3 Å². The number of carboxylic acids is 1. The number of hydrogen-bond donors (Lipinski definition) is 4. The molecule has 1 unspecified atom stereocenters. The maximum Gasteiger partial charge on any atom is 0.407 e. The van der Waals surface area contributed by atoms with Crippen molar-refractivity contribution in [2.45, 2.75) is 50.5 Å². The number of nitrogens with zero attached hydrogens (tertiary/aromatic N) is 1. The van der Waals surface area contributed by atoms with Gasteiger partial charge in [0.1, 0.15) is 18.4 Å². The lowest BCUT2D eigenvalue weighted by atomic mass is 9.98. The van der Waals surface area contributed by atoms with Crippen molar-refractivity contribution in [3.63, 3.8) is 0 Å². The molecular formula is C31H36N4O7S. The maximum absolute atomic E-state index is 13.0. The van der Waals surface area contributed by atoms with Crippen LogP contribution in [0, 0.1) is 20.8 Å². The van der Waals surface area contributed by atoms with Crippen molar-refractivity contribution in [3.8, 4) is 16.9 Å². The Balaban J connectivity index is 1.30. The molecule has 1 atom stereocenters. The summed E-state index contributed by atoms with van der Waals surface area (Å²) in [6.45, 7) is 5.19. The Labute approximate surface area is 251 Å². The highest BCUT2D eigenvalue weighted by atomic mass is 32.2. The molecule has 0 heterocycles. The highest BCUT2D eigenvalue weighted by Crippen LogP contribution is 2.44. The van der Waals surface area contributed by atoms with Crippen LogP contribution in [0.1, 0.15) is 46.6 Å². The first-order valence-corrected chi connectivity index (χ1v) is 15.2. The fourth-order valence-electron chi connectivity index (χ4n) is 5.40. The van der Waals surface area contributed by atoms with Gasteiger partial charge in [0.15, 0.2) is 0 Å². The van der Waals surface area contributed by atoms with Crippen LogP contribution < -0.4 is 20.5 Å². The van der Waals surface area contributed by atoms with Crippen LogP contribution >= 0.6 is 0 Å². The van der Waals surface area contributed by atoms with Gasteiger partial charge in [-0.05, 0) is 78.6 Å². The van der Waals surface area contributed by atoms with E-state index in [9.17, 15) is 23.1 Å². The Hall–Kier alpha value is -4.58. The van der Waals surface area contributed by atoms with Crippen LogP contribution in [0.25, 0.3) is 11.1 Å². The van der Waals surface area contributed by atoms with Crippen LogP contribution in [-0.4, -0.2) is 57.8 Å². The summed E-state index contributed by atoms with van der Waals surface area (Å²) in [5, 5.41) is 12.0. The van der Waals surface area contributed by atoms with Crippen molar-refractivity contribution in [2.24, 2.45) is 10.7 Å². The number of aryl methyl sites for hydroxylation is 1. The van der Waals surface area contributed by atoms with Gasteiger partial charge in [0.25, 0.3) is 10.0 Å². The largest absolute Gasteiger partial charge is 0.496 e. The summed E-state index contributed by atoms with van der Waals surface area (Å²) < 4.78 is 39.1. The predicted molar refractivity (Wildman–Crippen MR) is 163 cm³/mol. The topological polar surface area (TPSA) is 169 Å². The molecule has 3 aromatic rings. The number of alkyl carbamates (subject to hydrolysis) is 1. The Kier molecular flexibility index (Phi) is 9.59. The normalized spacial score (nSPS) is 13.5. The number of amides is 1. The number of hydrogen-bond acceptors (Lipinski definition) is 7. The summed E-state index contributed by atoms with van der Waals surface area (Å²) in [5.74, 6) is -1.14. The first-order chi connectivity index (χ1) is 20.4. The van der Waals surface area contributed by atoms with Gasteiger partial charge in [0.2, 0.25) is 5.96 Å². The number of carbonyl (C=O) groups is 2. The second-order valence-corrected chi connectivity index (χ2v) is 12.0. The average Bonchev–Trinajstić information content (AvgIpc) is 3.28. The van der Waals surface area contributed by atoms with Gasteiger partial charge in [-0.3, -0.25) is 4.99 Å². The van der Waals surface area contributed by atoms with Crippen molar-refractivity contribution in [1.82, 2.24) is 10.0 Å². The van der Waals surface area contributed by atoms with Crippen molar-refractivity contribution in [2.75, 3.05) is 20.3 Å². The number of fused-ring (bicyclic) bond motifs is 3. The van der Waals surface area contributed by atoms with E-state index in [-0.39, 0.29) is 42.8 Å². The van der Waals surface area contributed by atoms with Crippen LogP contribution in [0.4, 0.5) is 4.79 Å². The fourth-order valence-corrected chi connectivity index (χ4v) is 6.88. The number of carboxylic acid groups (broad SMARTS) is 1. The molecule has 228 valence electrons. The zero-order valence-electron chi connectivity index (χ0n) is 24.5. The van der Waals surface area contributed by atoms with Crippen molar-refractivity contribution in [3.05, 3.63) is 82.4 Å². The molecule has 12 heteroatoms. The smallest absolute Gasteiger partial charge is 0.407 e. The quantitative estimate of drug-likeness (QED) is 0.144. The van der Waals surface area contributed by atoms with Crippen LogP contribution in [0.2, 0.25) is 0 Å². The highest BCUT2D eigenvalue weighted by Gasteiger charge is 2.30. The van der Waals surface area contributed by atoms with E-state index in [1.807, 2.05) is 48.5 Å². The molecule has 43 heavy (non-hydrogen) atoms. The Morgan fingerprint density at radius 2 is 1.63 bits per heavy atom. The maximum atomic E-state index is 13.0. The molecule has 0 aromatic heterocycles. The second-order valence-electron chi connectivity index (χ2n) is 10.4. The highest BCUT2D eigenvalue weighted by molar-refractivity contribution is 7.90. The molecule has 0 aliphatic heterocycles. The average molecular weight is 609 g/mol. The number of nitrogens with two attached hydrogens (primary N) is 1. The van der Waals surface area contributed by atoms with Crippen molar-refractivity contribution >= 4 is 28.0 Å². The molecule has 0 radical (unpaired) electrons. The number of benzene rings is 3. The van der Waals surface area contributed by atoms with Crippen LogP contribution in [0.15, 0.2) is 64.5 Å². The minimum atomic E-state index is -4.03. The molecule has 1 aliphatic carbocycles. The molecule has 0 spiro atoms. The molecule has 0 fully saturated rings. The molecule has 11 nitrogen and oxygen atoms in total. The van der Waals surface area contributed by atoms with Gasteiger partial charge in [-0.1, -0.05) is 48.5 Å². The van der Waals surface area contributed by atoms with E-state index in [0.29, 0.717) is 22.4 Å². The molecule has 0 saturated carbocycles. The number of rotatable bonds is 11. The molecule has 0 bridgehead atoms. The molecule has 4 rings (SSSR count). The van der Waals surface area contributed by atoms with E-state index in [2.05, 4.69) is 15.0 Å². The summed E-state index contributed by atoms with van der Waals surface area (Å²) in [7, 11) is -2.52. The lowest BCUT2D eigenvalue weighted by Crippen LogP contribution is -2.41. The third-order valence-electron chi connectivity index (χ3n) is 7.57. The Morgan fingerprint density at radius 1 is 1.02 bits per heavy atom. The summed E-state index contributed by atoms with van der Waals surface area (Å²) >= 11 is 0. The van der Waals surface area contributed by atoms with Gasteiger partial charge in [0, 0.05) is 12.5 Å². The summed E-state index contributed by atoms with van der Waals surface area (Å²) in [6.07, 6.45) is -0.604. The third-order valence-corrected chi connectivity index (χ3v) is 9.22. The molecule has 5 N–H and O–H groups in total. The van der Waals surface area contributed by atoms with E-state index >= 15 is 0 Å². The lowest BCUT2D eigenvalue weighted by molar-refractivity contribution is -0.139. The number of aliphatic carboxylic acids is 1. The first-order valence-electron chi connectivity index (χ1n) is 13.8. The van der Waals surface area contributed by atoms with Gasteiger partial charge in [-0.15, -0.1) is 0 Å². The lowest BCUT2D eigenvalue weighted by Gasteiger charge is -2.17. The molecular weight excluding hydrogens is 572 g/mol. The minimum Gasteiger partial charge on any atom is -0.496 e. The zero-order valence-corrected chi connectivity index (χ0v) is 25.3. The number of sulfonamides is 1. The van der Waals surface area contributed by atoms with Crippen LogP contribution in [0.3, 0.4) is 0 Å². The van der Waals surface area contributed by atoms with Crippen LogP contribution in [-0.2, 0) is 19.6 Å². The SMILES string of the molecule is COc1cc(C)c(S(=O)(=O)NC(N)=NCCCC(NC(=O)OCC2c3ccccc3-c3ccccc32)C(=O)O)c(C)c1C. The molecule has 1 aliphatic rings. The third kappa shape index (κ3) is 6.91. The van der Waals surface area contributed by atoms with Crippen molar-refractivity contribution in [1.29, 1.82) is 0 Å². The summed E-state index contributed by atoms with van der Waals surface area (Å²) in [5.41, 5.74) is 11.8. The van der Waals surface area contributed by atoms with Gasteiger partial charge in [-0.25, -0.2) is 22.7 Å². The van der Waals surface area contributed by atoms with Gasteiger partial charge in [-0.2, -0.15) is 0 Å².